The van der Waals surface area contributed by atoms with E-state index >= 15 is 0 Å². The molecule has 1 amide bonds. The van der Waals surface area contributed by atoms with Crippen LogP contribution in [0.3, 0.4) is 0 Å². The van der Waals surface area contributed by atoms with Gasteiger partial charge in [-0.15, -0.1) is 3.89 Å². The number of aromatic amines is 1. The average molecular weight is 296 g/mol. The number of aromatic nitrogens is 1. The van der Waals surface area contributed by atoms with Crippen LogP contribution in [0.25, 0.3) is 10.9 Å². The third kappa shape index (κ3) is 2.40. The minimum atomic E-state index is -4.55. The van der Waals surface area contributed by atoms with Crippen molar-refractivity contribution < 1.29 is 17.1 Å². The first-order valence-corrected chi connectivity index (χ1v) is 7.78. The molecule has 1 aliphatic heterocycles. The third-order valence-electron chi connectivity index (χ3n) is 3.50. The van der Waals surface area contributed by atoms with Gasteiger partial charge in [-0.1, -0.05) is 6.07 Å². The number of nitrogens with zero attached hydrogens (tertiary/aromatic N) is 1. The molecule has 2 aromatic rings. The van der Waals surface area contributed by atoms with E-state index in [1.807, 2.05) is 18.2 Å². The smallest absolute Gasteiger partial charge is 0.302 e. The number of fused-ring (bicyclic) bond motifs is 1. The predicted molar refractivity (Wildman–Crippen MR) is 73.7 cm³/mol. The summed E-state index contributed by atoms with van der Waals surface area (Å²) in [6.07, 6.45) is 1.84. The number of rotatable bonds is 3. The van der Waals surface area contributed by atoms with E-state index in [1.54, 1.807) is 12.3 Å². The molecule has 1 aromatic carbocycles. The van der Waals surface area contributed by atoms with E-state index in [0.29, 0.717) is 0 Å². The Balaban J connectivity index is 1.91. The summed E-state index contributed by atoms with van der Waals surface area (Å²) in [6, 6.07) is 7.38. The third-order valence-corrected chi connectivity index (χ3v) is 4.37. The quantitative estimate of drug-likeness (QED) is 0.878. The van der Waals surface area contributed by atoms with Crippen LogP contribution in [0.2, 0.25) is 0 Å². The van der Waals surface area contributed by atoms with E-state index in [-0.39, 0.29) is 18.9 Å². The Morgan fingerprint density at radius 3 is 2.90 bits per heavy atom. The largest absolute Gasteiger partial charge is 0.361 e. The Morgan fingerprint density at radius 2 is 2.15 bits per heavy atom. The summed E-state index contributed by atoms with van der Waals surface area (Å²) in [6.45, 7) is 0.228. The maximum Gasteiger partial charge on any atom is 0.302 e. The number of hydrogen-bond donors (Lipinski definition) is 1. The summed E-state index contributed by atoms with van der Waals surface area (Å²) < 4.78 is 34.2. The highest BCUT2D eigenvalue weighted by Gasteiger charge is 2.34. The van der Waals surface area contributed by atoms with Crippen LogP contribution in [0.5, 0.6) is 0 Å². The Labute approximate surface area is 115 Å². The lowest BCUT2D eigenvalue weighted by Gasteiger charge is -2.17. The van der Waals surface area contributed by atoms with Crippen molar-refractivity contribution in [3.8, 4) is 0 Å². The number of carbonyl (C=O) groups excluding carboxylic acids is 1. The maximum absolute atomic E-state index is 12.7. The van der Waals surface area contributed by atoms with Crippen molar-refractivity contribution in [2.45, 2.75) is 6.42 Å². The number of amides is 1. The standard InChI is InChI=1S/C13H13FN2O3S/c14-20(18,19)8-9-6-13(17)16(7-9)12-3-1-2-11-10(12)4-5-15-11/h1-5,9,15H,6-8H2. The van der Waals surface area contributed by atoms with Gasteiger partial charge in [0.15, 0.2) is 0 Å². The number of anilines is 1. The van der Waals surface area contributed by atoms with Gasteiger partial charge >= 0.3 is 10.2 Å². The highest BCUT2D eigenvalue weighted by molar-refractivity contribution is 7.86. The van der Waals surface area contributed by atoms with Crippen LogP contribution >= 0.6 is 0 Å². The fourth-order valence-corrected chi connectivity index (χ4v) is 3.50. The molecule has 0 saturated carbocycles. The first-order valence-electron chi connectivity index (χ1n) is 6.23. The lowest BCUT2D eigenvalue weighted by molar-refractivity contribution is -0.117. The second kappa shape index (κ2) is 4.59. The minimum absolute atomic E-state index is 0.0595. The van der Waals surface area contributed by atoms with Crippen LogP contribution in [0, 0.1) is 5.92 Å². The summed E-state index contributed by atoms with van der Waals surface area (Å²) in [4.78, 5) is 16.6. The summed E-state index contributed by atoms with van der Waals surface area (Å²) in [5.74, 6) is -1.27. The van der Waals surface area contributed by atoms with E-state index in [9.17, 15) is 17.1 Å². The second-order valence-corrected chi connectivity index (χ2v) is 6.41. The molecular formula is C13H13FN2O3S. The number of benzene rings is 1. The number of H-pyrrole nitrogens is 1. The van der Waals surface area contributed by atoms with E-state index < -0.39 is 21.9 Å². The zero-order valence-corrected chi connectivity index (χ0v) is 11.4. The van der Waals surface area contributed by atoms with E-state index in [0.717, 1.165) is 16.6 Å². The molecule has 20 heavy (non-hydrogen) atoms. The topological polar surface area (TPSA) is 70.2 Å². The molecule has 0 bridgehead atoms. The first-order chi connectivity index (χ1) is 9.44. The number of carbonyl (C=O) groups is 1. The molecular weight excluding hydrogens is 283 g/mol. The molecule has 0 radical (unpaired) electrons. The van der Waals surface area contributed by atoms with E-state index in [4.69, 9.17) is 0 Å². The van der Waals surface area contributed by atoms with Crippen molar-refractivity contribution in [2.24, 2.45) is 5.92 Å². The average Bonchev–Trinajstić information content (AvgIpc) is 2.93. The molecule has 1 unspecified atom stereocenters. The molecule has 1 fully saturated rings. The molecule has 1 aliphatic rings. The van der Waals surface area contributed by atoms with Crippen molar-refractivity contribution in [1.29, 1.82) is 0 Å². The Hall–Kier alpha value is -1.89. The lowest BCUT2D eigenvalue weighted by Crippen LogP contribution is -2.25. The van der Waals surface area contributed by atoms with Gasteiger partial charge in [-0.2, -0.15) is 8.42 Å². The Bertz CT molecular complexity index is 769. The number of nitrogens with one attached hydrogen (secondary N) is 1. The molecule has 1 N–H and O–H groups in total. The van der Waals surface area contributed by atoms with Gasteiger partial charge in [-0.3, -0.25) is 4.79 Å². The van der Waals surface area contributed by atoms with Gasteiger partial charge < -0.3 is 9.88 Å². The van der Waals surface area contributed by atoms with Crippen LogP contribution in [0.1, 0.15) is 6.42 Å². The Morgan fingerprint density at radius 1 is 1.35 bits per heavy atom. The van der Waals surface area contributed by atoms with Gasteiger partial charge in [0.25, 0.3) is 0 Å². The minimum Gasteiger partial charge on any atom is -0.361 e. The fraction of sp³-hybridized carbons (Fsp3) is 0.308. The van der Waals surface area contributed by atoms with Gasteiger partial charge in [0.05, 0.1) is 11.4 Å². The molecule has 3 rings (SSSR count). The van der Waals surface area contributed by atoms with Crippen molar-refractivity contribution in [1.82, 2.24) is 4.98 Å². The lowest BCUT2D eigenvalue weighted by atomic mass is 10.1. The molecule has 1 aromatic heterocycles. The zero-order valence-electron chi connectivity index (χ0n) is 10.5. The summed E-state index contributed by atoms with van der Waals surface area (Å²) in [7, 11) is -4.55. The molecule has 0 aliphatic carbocycles. The molecule has 5 nitrogen and oxygen atoms in total. The van der Waals surface area contributed by atoms with Gasteiger partial charge in [0.2, 0.25) is 5.91 Å². The highest BCUT2D eigenvalue weighted by Crippen LogP contribution is 2.31. The van der Waals surface area contributed by atoms with Crippen LogP contribution < -0.4 is 4.90 Å². The monoisotopic (exact) mass is 296 g/mol. The molecule has 7 heteroatoms. The highest BCUT2D eigenvalue weighted by atomic mass is 32.3. The molecule has 106 valence electrons. The second-order valence-electron chi connectivity index (χ2n) is 5.00. The van der Waals surface area contributed by atoms with Crippen LogP contribution in [0.15, 0.2) is 30.5 Å². The van der Waals surface area contributed by atoms with Gasteiger partial charge in [-0.05, 0) is 18.2 Å². The first kappa shape index (κ1) is 13.1. The van der Waals surface area contributed by atoms with Crippen molar-refractivity contribution in [2.75, 3.05) is 17.2 Å². The van der Waals surface area contributed by atoms with Gasteiger partial charge in [-0.25, -0.2) is 0 Å². The van der Waals surface area contributed by atoms with Gasteiger partial charge in [0.1, 0.15) is 0 Å². The Kier molecular flexibility index (Phi) is 3.01. The molecule has 0 spiro atoms. The van der Waals surface area contributed by atoms with Crippen molar-refractivity contribution in [3.63, 3.8) is 0 Å². The zero-order chi connectivity index (χ0) is 14.3. The molecule has 1 atom stereocenters. The van der Waals surface area contributed by atoms with Crippen LogP contribution in [-0.2, 0) is 15.0 Å². The van der Waals surface area contributed by atoms with Gasteiger partial charge in [0, 0.05) is 36.0 Å². The van der Waals surface area contributed by atoms with E-state index in [1.165, 1.54) is 4.90 Å². The summed E-state index contributed by atoms with van der Waals surface area (Å²) in [5.41, 5.74) is 1.63. The van der Waals surface area contributed by atoms with Crippen LogP contribution in [0.4, 0.5) is 9.57 Å². The van der Waals surface area contributed by atoms with Crippen LogP contribution in [-0.4, -0.2) is 31.6 Å². The van der Waals surface area contributed by atoms with E-state index in [2.05, 4.69) is 4.98 Å². The van der Waals surface area contributed by atoms with Crippen molar-refractivity contribution in [3.05, 3.63) is 30.5 Å². The fourth-order valence-electron chi connectivity index (χ4n) is 2.71. The number of halogens is 1. The SMILES string of the molecule is O=C1CC(CS(=O)(=O)F)CN1c1cccc2[nH]ccc12. The molecule has 2 heterocycles. The normalized spacial score (nSPS) is 19.9. The van der Waals surface area contributed by atoms with Crippen molar-refractivity contribution >= 4 is 32.7 Å². The molecule has 1 saturated heterocycles. The number of hydrogen-bond acceptors (Lipinski definition) is 3. The predicted octanol–water partition coefficient (Wildman–Crippen LogP) is 1.82. The summed E-state index contributed by atoms with van der Waals surface area (Å²) in [5, 5.41) is 0.893. The summed E-state index contributed by atoms with van der Waals surface area (Å²) >= 11 is 0. The maximum atomic E-state index is 12.7.